The number of amides is 2. The lowest BCUT2D eigenvalue weighted by molar-refractivity contribution is -0.145. The van der Waals surface area contributed by atoms with Crippen molar-refractivity contribution in [1.82, 2.24) is 10.3 Å². The van der Waals surface area contributed by atoms with Gasteiger partial charge in [-0.1, -0.05) is 18.2 Å². The molecule has 2 amide bonds. The van der Waals surface area contributed by atoms with E-state index in [0.29, 0.717) is 35.1 Å². The Hall–Kier alpha value is -4.80. The van der Waals surface area contributed by atoms with Gasteiger partial charge in [0.25, 0.3) is 5.91 Å². The molecule has 4 rings (SSSR count). The number of anilines is 1. The van der Waals surface area contributed by atoms with E-state index in [2.05, 4.69) is 10.3 Å². The molecule has 2 aromatic carbocycles. The predicted octanol–water partition coefficient (Wildman–Crippen LogP) is 3.11. The number of nitrogen functional groups attached to an aromatic ring is 1. The Kier molecular flexibility index (Phi) is 8.96. The summed E-state index contributed by atoms with van der Waals surface area (Å²) >= 11 is 0. The van der Waals surface area contributed by atoms with Crippen LogP contribution >= 0.6 is 0 Å². The fourth-order valence-corrected chi connectivity index (χ4v) is 5.09. The minimum atomic E-state index is -1.12. The lowest BCUT2D eigenvalue weighted by Crippen LogP contribution is -2.42. The van der Waals surface area contributed by atoms with Crippen LogP contribution in [0.1, 0.15) is 65.9 Å². The molecule has 3 aromatic rings. The Morgan fingerprint density at radius 3 is 2.51 bits per heavy atom. The molecule has 1 fully saturated rings. The van der Waals surface area contributed by atoms with Crippen LogP contribution in [0.25, 0.3) is 10.9 Å². The zero-order valence-corrected chi connectivity index (χ0v) is 23.0. The predicted molar refractivity (Wildman–Crippen MR) is 153 cm³/mol. The minimum Gasteiger partial charge on any atom is -0.464 e. The van der Waals surface area contributed by atoms with E-state index in [0.717, 1.165) is 0 Å². The molecule has 11 heteroatoms. The van der Waals surface area contributed by atoms with Gasteiger partial charge in [-0.25, -0.2) is 4.79 Å². The van der Waals surface area contributed by atoms with Crippen LogP contribution in [0.15, 0.2) is 48.5 Å². The van der Waals surface area contributed by atoms with E-state index in [-0.39, 0.29) is 60.4 Å². The number of nitrogens with two attached hydrogens (primary N) is 1. The summed E-state index contributed by atoms with van der Waals surface area (Å²) in [5, 5.41) is 10.7. The number of Topliss-reactive ketones (excluding diaryl/α,β-unsaturated/α-hetero) is 2. The van der Waals surface area contributed by atoms with Crippen molar-refractivity contribution in [2.45, 2.75) is 45.6 Å². The van der Waals surface area contributed by atoms with E-state index in [9.17, 15) is 24.0 Å². The quantitative estimate of drug-likeness (QED) is 0.114. The van der Waals surface area contributed by atoms with Crippen molar-refractivity contribution in [2.24, 2.45) is 11.7 Å². The SMILES string of the molecule is CCOC(=O)C(CCC(=O)CC1CCN(c2ccc(C(=N)N)cc2)C1=O)NC(=O)c1[nH]c2ccccc2c1C(C)=O. The molecule has 2 unspecified atom stereocenters. The number of benzene rings is 2. The standard InChI is InChI=1S/C30H33N5O6/c1-3-41-30(40)24(34-28(38)26-25(17(2)36)22-6-4-5-7-23(22)33-26)13-12-21(37)16-19-14-15-35(29(19)39)20-10-8-18(9-11-20)27(31)32/h4-11,19,24,33H,3,12-16H2,1-2H3,(H3,31,32)(H,34,38). The highest BCUT2D eigenvalue weighted by Crippen LogP contribution is 2.28. The average molecular weight is 560 g/mol. The van der Waals surface area contributed by atoms with Gasteiger partial charge in [0, 0.05) is 47.5 Å². The normalized spacial score (nSPS) is 15.5. The number of nitrogens with one attached hydrogen (secondary N) is 3. The molecule has 0 aliphatic carbocycles. The zero-order chi connectivity index (χ0) is 29.7. The van der Waals surface area contributed by atoms with E-state index in [1.807, 2.05) is 0 Å². The largest absolute Gasteiger partial charge is 0.464 e. The Labute approximate surface area is 236 Å². The van der Waals surface area contributed by atoms with Crippen LogP contribution < -0.4 is 16.0 Å². The van der Waals surface area contributed by atoms with Gasteiger partial charge in [0.05, 0.1) is 12.2 Å². The van der Waals surface area contributed by atoms with Gasteiger partial charge in [-0.3, -0.25) is 24.6 Å². The summed E-state index contributed by atoms with van der Waals surface area (Å²) in [5.74, 6) is -2.59. The van der Waals surface area contributed by atoms with Crippen molar-refractivity contribution < 1.29 is 28.7 Å². The molecule has 41 heavy (non-hydrogen) atoms. The molecule has 214 valence electrons. The molecule has 1 aromatic heterocycles. The number of amidine groups is 1. The number of hydrogen-bond acceptors (Lipinski definition) is 7. The number of ketones is 2. The number of aromatic nitrogens is 1. The Morgan fingerprint density at radius 1 is 1.15 bits per heavy atom. The number of carbonyl (C=O) groups is 5. The van der Waals surface area contributed by atoms with Crippen LogP contribution in [0, 0.1) is 11.3 Å². The number of fused-ring (bicyclic) bond motifs is 1. The number of hydrogen-bond donors (Lipinski definition) is 4. The van der Waals surface area contributed by atoms with Crippen LogP contribution in [-0.2, 0) is 19.1 Å². The molecule has 11 nitrogen and oxygen atoms in total. The molecular formula is C30H33N5O6. The second-order valence-corrected chi connectivity index (χ2v) is 9.97. The highest BCUT2D eigenvalue weighted by molar-refractivity contribution is 6.15. The van der Waals surface area contributed by atoms with Gasteiger partial charge < -0.3 is 25.7 Å². The fourth-order valence-electron chi connectivity index (χ4n) is 5.09. The Bertz CT molecular complexity index is 1510. The van der Waals surface area contributed by atoms with Crippen LogP contribution in [0.4, 0.5) is 5.69 Å². The molecule has 2 atom stereocenters. The molecule has 1 saturated heterocycles. The van der Waals surface area contributed by atoms with Crippen molar-refractivity contribution in [2.75, 3.05) is 18.1 Å². The summed E-state index contributed by atoms with van der Waals surface area (Å²) in [7, 11) is 0. The summed E-state index contributed by atoms with van der Waals surface area (Å²) in [4.78, 5) is 68.7. The summed E-state index contributed by atoms with van der Waals surface area (Å²) in [5.41, 5.74) is 7.58. The van der Waals surface area contributed by atoms with Crippen LogP contribution in [0.3, 0.4) is 0 Å². The number of esters is 1. The molecule has 0 saturated carbocycles. The first-order valence-corrected chi connectivity index (χ1v) is 13.5. The molecule has 1 aliphatic rings. The Morgan fingerprint density at radius 2 is 1.85 bits per heavy atom. The average Bonchev–Trinajstić information content (AvgIpc) is 3.51. The number of rotatable bonds is 12. The van der Waals surface area contributed by atoms with E-state index in [1.54, 1.807) is 60.4 Å². The van der Waals surface area contributed by atoms with Gasteiger partial charge in [0.2, 0.25) is 5.91 Å². The van der Waals surface area contributed by atoms with Gasteiger partial charge in [0.15, 0.2) is 5.78 Å². The first-order valence-electron chi connectivity index (χ1n) is 13.5. The molecule has 5 N–H and O–H groups in total. The summed E-state index contributed by atoms with van der Waals surface area (Å²) in [6.07, 6.45) is 0.454. The molecule has 2 heterocycles. The Balaban J connectivity index is 1.39. The third kappa shape index (κ3) is 6.51. The smallest absolute Gasteiger partial charge is 0.328 e. The van der Waals surface area contributed by atoms with Crippen molar-refractivity contribution >= 4 is 51.8 Å². The third-order valence-electron chi connectivity index (χ3n) is 7.15. The monoisotopic (exact) mass is 559 g/mol. The third-order valence-corrected chi connectivity index (χ3v) is 7.15. The topological polar surface area (TPSA) is 176 Å². The number of ether oxygens (including phenoxy) is 1. The van der Waals surface area contributed by atoms with Gasteiger partial charge in [-0.15, -0.1) is 0 Å². The molecular weight excluding hydrogens is 526 g/mol. The molecule has 0 spiro atoms. The maximum Gasteiger partial charge on any atom is 0.328 e. The number of nitrogens with zero attached hydrogens (tertiary/aromatic N) is 1. The molecule has 0 radical (unpaired) electrons. The van der Waals surface area contributed by atoms with Crippen molar-refractivity contribution in [3.8, 4) is 0 Å². The molecule has 1 aliphatic heterocycles. The van der Waals surface area contributed by atoms with Gasteiger partial charge in [-0.05, 0) is 57.0 Å². The van der Waals surface area contributed by atoms with E-state index in [4.69, 9.17) is 15.9 Å². The zero-order valence-electron chi connectivity index (χ0n) is 23.0. The second-order valence-electron chi connectivity index (χ2n) is 9.97. The van der Waals surface area contributed by atoms with E-state index >= 15 is 0 Å². The highest BCUT2D eigenvalue weighted by atomic mass is 16.5. The van der Waals surface area contributed by atoms with E-state index in [1.165, 1.54) is 6.92 Å². The van der Waals surface area contributed by atoms with Crippen LogP contribution in [0.5, 0.6) is 0 Å². The number of carbonyl (C=O) groups excluding carboxylic acids is 5. The van der Waals surface area contributed by atoms with Crippen molar-refractivity contribution in [3.05, 3.63) is 65.4 Å². The van der Waals surface area contributed by atoms with Crippen molar-refractivity contribution in [1.29, 1.82) is 5.41 Å². The van der Waals surface area contributed by atoms with Crippen LogP contribution in [-0.4, -0.2) is 59.4 Å². The number of aromatic amines is 1. The first kappa shape index (κ1) is 29.2. The maximum atomic E-state index is 13.2. The van der Waals surface area contributed by atoms with Gasteiger partial charge >= 0.3 is 5.97 Å². The van der Waals surface area contributed by atoms with E-state index < -0.39 is 23.8 Å². The number of H-pyrrole nitrogens is 1. The lowest BCUT2D eigenvalue weighted by Gasteiger charge is -2.18. The maximum absolute atomic E-state index is 13.2. The minimum absolute atomic E-state index is 0.0147. The first-order chi connectivity index (χ1) is 19.6. The lowest BCUT2D eigenvalue weighted by atomic mass is 9.97. The number of para-hydroxylation sites is 1. The molecule has 0 bridgehead atoms. The fraction of sp³-hybridized carbons (Fsp3) is 0.333. The van der Waals surface area contributed by atoms with Crippen LogP contribution in [0.2, 0.25) is 0 Å². The highest BCUT2D eigenvalue weighted by Gasteiger charge is 2.34. The summed E-state index contributed by atoms with van der Waals surface area (Å²) in [6, 6.07) is 12.7. The van der Waals surface area contributed by atoms with Crippen molar-refractivity contribution in [3.63, 3.8) is 0 Å². The van der Waals surface area contributed by atoms with Gasteiger partial charge in [0.1, 0.15) is 23.4 Å². The summed E-state index contributed by atoms with van der Waals surface area (Å²) < 4.78 is 5.12. The van der Waals surface area contributed by atoms with Gasteiger partial charge in [-0.2, -0.15) is 0 Å². The summed E-state index contributed by atoms with van der Waals surface area (Å²) in [6.45, 7) is 3.55. The second kappa shape index (κ2) is 12.6.